The standard InChI is InChI=1S/C11H9IN2O4/c1-7-4-8(13-18-7)6-17-11-3-2-9(14(15)16)5-10(11)12/h2-5H,6H2,1H3. The van der Waals surface area contributed by atoms with E-state index in [0.29, 0.717) is 20.8 Å². The van der Waals surface area contributed by atoms with Crippen molar-refractivity contribution >= 4 is 28.3 Å². The van der Waals surface area contributed by atoms with E-state index in [1.807, 2.05) is 22.6 Å². The van der Waals surface area contributed by atoms with Gasteiger partial charge in [-0.3, -0.25) is 10.1 Å². The molecule has 2 rings (SSSR count). The Morgan fingerprint density at radius 1 is 1.50 bits per heavy atom. The molecule has 1 aromatic carbocycles. The summed E-state index contributed by atoms with van der Waals surface area (Å²) in [7, 11) is 0. The predicted molar refractivity (Wildman–Crippen MR) is 71.4 cm³/mol. The van der Waals surface area contributed by atoms with Gasteiger partial charge in [-0.15, -0.1) is 0 Å². The Balaban J connectivity index is 2.08. The van der Waals surface area contributed by atoms with Crippen molar-refractivity contribution < 1.29 is 14.2 Å². The molecule has 7 heteroatoms. The van der Waals surface area contributed by atoms with Gasteiger partial charge in [-0.05, 0) is 35.6 Å². The second-order valence-corrected chi connectivity index (χ2v) is 4.75. The van der Waals surface area contributed by atoms with Gasteiger partial charge in [0.05, 0.1) is 8.49 Å². The first kappa shape index (κ1) is 12.8. The normalized spacial score (nSPS) is 10.3. The van der Waals surface area contributed by atoms with Gasteiger partial charge < -0.3 is 9.26 Å². The molecule has 0 saturated heterocycles. The summed E-state index contributed by atoms with van der Waals surface area (Å²) in [5.41, 5.74) is 0.727. The minimum atomic E-state index is -0.438. The zero-order valence-electron chi connectivity index (χ0n) is 9.42. The van der Waals surface area contributed by atoms with Crippen molar-refractivity contribution in [2.24, 2.45) is 0 Å². The summed E-state index contributed by atoms with van der Waals surface area (Å²) < 4.78 is 11.1. The SMILES string of the molecule is Cc1cc(COc2ccc([N+](=O)[O-])cc2I)no1. The fraction of sp³-hybridized carbons (Fsp3) is 0.182. The first-order valence-electron chi connectivity index (χ1n) is 5.05. The summed E-state index contributed by atoms with van der Waals surface area (Å²) in [4.78, 5) is 10.1. The van der Waals surface area contributed by atoms with Crippen LogP contribution in [0.15, 0.2) is 28.8 Å². The van der Waals surface area contributed by atoms with Gasteiger partial charge in [0.1, 0.15) is 23.8 Å². The van der Waals surface area contributed by atoms with Crippen LogP contribution in [0.1, 0.15) is 11.5 Å². The number of hydrogen-bond acceptors (Lipinski definition) is 5. The van der Waals surface area contributed by atoms with E-state index in [1.54, 1.807) is 19.1 Å². The van der Waals surface area contributed by atoms with Crippen LogP contribution in [0, 0.1) is 20.6 Å². The Bertz CT molecular complexity index is 582. The third-order valence-electron chi connectivity index (χ3n) is 2.18. The lowest BCUT2D eigenvalue weighted by Crippen LogP contribution is -1.98. The first-order valence-corrected chi connectivity index (χ1v) is 6.13. The highest BCUT2D eigenvalue weighted by Gasteiger charge is 2.10. The summed E-state index contributed by atoms with van der Waals surface area (Å²) in [6.07, 6.45) is 0. The number of benzene rings is 1. The number of non-ortho nitro benzene ring substituents is 1. The molecule has 0 radical (unpaired) electrons. The van der Waals surface area contributed by atoms with Crippen molar-refractivity contribution in [1.82, 2.24) is 5.16 Å². The minimum absolute atomic E-state index is 0.0454. The number of aryl methyl sites for hydroxylation is 1. The summed E-state index contributed by atoms with van der Waals surface area (Å²) in [5.74, 6) is 1.30. The highest BCUT2D eigenvalue weighted by atomic mass is 127. The molecule has 0 spiro atoms. The van der Waals surface area contributed by atoms with Crippen molar-refractivity contribution in [3.8, 4) is 5.75 Å². The lowest BCUT2D eigenvalue weighted by atomic mass is 10.3. The molecule has 0 aliphatic carbocycles. The highest BCUT2D eigenvalue weighted by Crippen LogP contribution is 2.26. The third kappa shape index (κ3) is 2.97. The molecule has 18 heavy (non-hydrogen) atoms. The number of hydrogen-bond donors (Lipinski definition) is 0. The summed E-state index contributed by atoms with van der Waals surface area (Å²) in [5, 5.41) is 14.4. The van der Waals surface area contributed by atoms with E-state index in [4.69, 9.17) is 9.26 Å². The number of rotatable bonds is 4. The van der Waals surface area contributed by atoms with Crippen LogP contribution < -0.4 is 4.74 Å². The van der Waals surface area contributed by atoms with E-state index in [9.17, 15) is 10.1 Å². The molecule has 0 saturated carbocycles. The largest absolute Gasteiger partial charge is 0.486 e. The molecule has 0 fully saturated rings. The topological polar surface area (TPSA) is 78.4 Å². The van der Waals surface area contributed by atoms with Crippen LogP contribution in [-0.4, -0.2) is 10.1 Å². The highest BCUT2D eigenvalue weighted by molar-refractivity contribution is 14.1. The van der Waals surface area contributed by atoms with Crippen LogP contribution in [0.2, 0.25) is 0 Å². The number of ether oxygens (including phenoxy) is 1. The molecular formula is C11H9IN2O4. The molecule has 0 bridgehead atoms. The van der Waals surface area contributed by atoms with Gasteiger partial charge in [-0.2, -0.15) is 0 Å². The number of nitrogens with zero attached hydrogens (tertiary/aromatic N) is 2. The molecule has 0 aliphatic rings. The van der Waals surface area contributed by atoms with Crippen molar-refractivity contribution in [2.45, 2.75) is 13.5 Å². The van der Waals surface area contributed by atoms with Crippen LogP contribution >= 0.6 is 22.6 Å². The zero-order valence-corrected chi connectivity index (χ0v) is 11.6. The second-order valence-electron chi connectivity index (χ2n) is 3.59. The Kier molecular flexibility index (Phi) is 3.80. The van der Waals surface area contributed by atoms with Crippen LogP contribution in [-0.2, 0) is 6.61 Å². The van der Waals surface area contributed by atoms with E-state index in [0.717, 1.165) is 0 Å². The molecule has 0 aliphatic heterocycles. The Morgan fingerprint density at radius 2 is 2.28 bits per heavy atom. The van der Waals surface area contributed by atoms with E-state index < -0.39 is 4.92 Å². The molecule has 0 amide bonds. The molecule has 6 nitrogen and oxygen atoms in total. The molecule has 2 aromatic rings. The van der Waals surface area contributed by atoms with E-state index in [2.05, 4.69) is 5.16 Å². The van der Waals surface area contributed by atoms with Gasteiger partial charge in [0.2, 0.25) is 0 Å². The van der Waals surface area contributed by atoms with Gasteiger partial charge in [-0.1, -0.05) is 5.16 Å². The van der Waals surface area contributed by atoms with Crippen LogP contribution in [0.25, 0.3) is 0 Å². The van der Waals surface area contributed by atoms with Crippen LogP contribution in [0.3, 0.4) is 0 Å². The predicted octanol–water partition coefficient (Wildman–Crippen LogP) is 3.07. The van der Waals surface area contributed by atoms with Crippen LogP contribution in [0.4, 0.5) is 5.69 Å². The molecule has 0 atom stereocenters. The number of halogens is 1. The lowest BCUT2D eigenvalue weighted by molar-refractivity contribution is -0.385. The van der Waals surface area contributed by atoms with Gasteiger partial charge >= 0.3 is 0 Å². The molecule has 0 unspecified atom stereocenters. The Labute approximate surface area is 116 Å². The minimum Gasteiger partial charge on any atom is -0.486 e. The number of nitro benzene ring substituents is 1. The maximum absolute atomic E-state index is 10.6. The van der Waals surface area contributed by atoms with Gasteiger partial charge in [0.15, 0.2) is 0 Å². The smallest absolute Gasteiger partial charge is 0.270 e. The Hall–Kier alpha value is -1.64. The van der Waals surface area contributed by atoms with Crippen molar-refractivity contribution in [1.29, 1.82) is 0 Å². The monoisotopic (exact) mass is 360 g/mol. The maximum atomic E-state index is 10.6. The second kappa shape index (κ2) is 5.34. The van der Waals surface area contributed by atoms with Crippen molar-refractivity contribution in [3.63, 3.8) is 0 Å². The fourth-order valence-electron chi connectivity index (χ4n) is 1.36. The van der Waals surface area contributed by atoms with Gasteiger partial charge in [-0.25, -0.2) is 0 Å². The fourth-order valence-corrected chi connectivity index (χ4v) is 2.01. The third-order valence-corrected chi connectivity index (χ3v) is 3.02. The van der Waals surface area contributed by atoms with Crippen molar-refractivity contribution in [2.75, 3.05) is 0 Å². The quantitative estimate of drug-likeness (QED) is 0.476. The average molecular weight is 360 g/mol. The summed E-state index contributed by atoms with van der Waals surface area (Å²) in [6.45, 7) is 2.07. The van der Waals surface area contributed by atoms with E-state index in [-0.39, 0.29) is 12.3 Å². The van der Waals surface area contributed by atoms with E-state index >= 15 is 0 Å². The number of nitro groups is 1. The zero-order chi connectivity index (χ0) is 13.1. The summed E-state index contributed by atoms with van der Waals surface area (Å²) >= 11 is 1.99. The van der Waals surface area contributed by atoms with E-state index in [1.165, 1.54) is 12.1 Å². The molecular weight excluding hydrogens is 351 g/mol. The lowest BCUT2D eigenvalue weighted by Gasteiger charge is -2.05. The molecule has 94 valence electrons. The number of aromatic nitrogens is 1. The van der Waals surface area contributed by atoms with Gasteiger partial charge in [0, 0.05) is 18.2 Å². The van der Waals surface area contributed by atoms with Crippen molar-refractivity contribution in [3.05, 3.63) is 49.4 Å². The maximum Gasteiger partial charge on any atom is 0.270 e. The molecule has 1 aromatic heterocycles. The van der Waals surface area contributed by atoms with Crippen LogP contribution in [0.5, 0.6) is 5.75 Å². The Morgan fingerprint density at radius 3 is 2.83 bits per heavy atom. The summed E-state index contributed by atoms with van der Waals surface area (Å²) in [6, 6.07) is 6.22. The van der Waals surface area contributed by atoms with Gasteiger partial charge in [0.25, 0.3) is 5.69 Å². The molecule has 1 heterocycles. The molecule has 0 N–H and O–H groups in total. The average Bonchev–Trinajstić information content (AvgIpc) is 2.73. The first-order chi connectivity index (χ1) is 8.56.